The molecule has 3 rings (SSSR count). The second-order valence-electron chi connectivity index (χ2n) is 7.61. The molecule has 0 fully saturated rings. The Morgan fingerprint density at radius 2 is 1.32 bits per heavy atom. The molecule has 0 aliphatic carbocycles. The van der Waals surface area contributed by atoms with Crippen molar-refractivity contribution in [2.24, 2.45) is 0 Å². The summed E-state index contributed by atoms with van der Waals surface area (Å²) < 4.78 is 0. The van der Waals surface area contributed by atoms with E-state index in [2.05, 4.69) is 31.4 Å². The Morgan fingerprint density at radius 3 is 1.90 bits per heavy atom. The van der Waals surface area contributed by atoms with Crippen LogP contribution in [-0.2, 0) is 0 Å². The van der Waals surface area contributed by atoms with E-state index in [4.69, 9.17) is 35.4 Å². The van der Waals surface area contributed by atoms with Crippen LogP contribution in [-0.4, -0.2) is 10.9 Å². The first-order valence-electron chi connectivity index (χ1n) is 9.85. The standard InChI is InChI=1S/C25H24Cl2N2OS/c1-13-14(2)16(4)23(17(5)15(13)3)24(30)18-6-9-20(10-7-18)28-25(31)29-22-12-19(26)8-11-21(22)27/h6-12H,1-5H3,(H2,28,29,31). The van der Waals surface area contributed by atoms with E-state index in [9.17, 15) is 4.79 Å². The molecule has 0 aromatic heterocycles. The summed E-state index contributed by atoms with van der Waals surface area (Å²) in [5, 5.41) is 7.58. The summed E-state index contributed by atoms with van der Waals surface area (Å²) in [7, 11) is 0. The van der Waals surface area contributed by atoms with Crippen molar-refractivity contribution in [2.45, 2.75) is 34.6 Å². The van der Waals surface area contributed by atoms with Crippen LogP contribution in [0.3, 0.4) is 0 Å². The smallest absolute Gasteiger partial charge is 0.193 e. The number of rotatable bonds is 4. The van der Waals surface area contributed by atoms with E-state index in [0.717, 1.165) is 22.4 Å². The third-order valence-electron chi connectivity index (χ3n) is 5.81. The van der Waals surface area contributed by atoms with Gasteiger partial charge in [0.05, 0.1) is 10.7 Å². The quantitative estimate of drug-likeness (QED) is 0.304. The fraction of sp³-hybridized carbons (Fsp3) is 0.200. The van der Waals surface area contributed by atoms with E-state index in [1.165, 1.54) is 16.7 Å². The van der Waals surface area contributed by atoms with Gasteiger partial charge in [0.1, 0.15) is 0 Å². The highest BCUT2D eigenvalue weighted by molar-refractivity contribution is 7.80. The molecule has 0 aliphatic heterocycles. The lowest BCUT2D eigenvalue weighted by Crippen LogP contribution is -2.19. The van der Waals surface area contributed by atoms with Gasteiger partial charge in [0.2, 0.25) is 0 Å². The van der Waals surface area contributed by atoms with Crippen molar-refractivity contribution in [3.05, 3.63) is 91.5 Å². The maximum Gasteiger partial charge on any atom is 0.193 e. The van der Waals surface area contributed by atoms with Gasteiger partial charge in [0.15, 0.2) is 10.9 Å². The lowest BCUT2D eigenvalue weighted by molar-refractivity contribution is 0.103. The highest BCUT2D eigenvalue weighted by Crippen LogP contribution is 2.29. The van der Waals surface area contributed by atoms with Crippen molar-refractivity contribution < 1.29 is 4.79 Å². The van der Waals surface area contributed by atoms with Gasteiger partial charge in [-0.2, -0.15) is 0 Å². The number of hydrogen-bond donors (Lipinski definition) is 2. The number of nitrogens with one attached hydrogen (secondary N) is 2. The molecule has 160 valence electrons. The van der Waals surface area contributed by atoms with Crippen LogP contribution in [0.25, 0.3) is 0 Å². The second-order valence-corrected chi connectivity index (χ2v) is 8.86. The maximum absolute atomic E-state index is 13.3. The molecular weight excluding hydrogens is 447 g/mol. The molecular formula is C25H24Cl2N2OS. The summed E-state index contributed by atoms with van der Waals surface area (Å²) in [6.07, 6.45) is 0. The van der Waals surface area contributed by atoms with Crippen molar-refractivity contribution in [1.29, 1.82) is 0 Å². The van der Waals surface area contributed by atoms with Crippen molar-refractivity contribution in [3.63, 3.8) is 0 Å². The van der Waals surface area contributed by atoms with Crippen molar-refractivity contribution in [2.75, 3.05) is 10.6 Å². The number of carbonyl (C=O) groups is 1. The third-order valence-corrected chi connectivity index (χ3v) is 6.58. The summed E-state index contributed by atoms with van der Waals surface area (Å²) in [6.45, 7) is 10.3. The number of anilines is 2. The summed E-state index contributed by atoms with van der Waals surface area (Å²) >= 11 is 17.5. The number of carbonyl (C=O) groups excluding carboxylic acids is 1. The molecule has 6 heteroatoms. The predicted octanol–water partition coefficient (Wildman–Crippen LogP) is 7.58. The Morgan fingerprint density at radius 1 is 0.774 bits per heavy atom. The van der Waals surface area contributed by atoms with E-state index in [1.807, 2.05) is 38.1 Å². The SMILES string of the molecule is Cc1c(C)c(C)c(C(=O)c2ccc(NC(=S)Nc3cc(Cl)ccc3Cl)cc2)c(C)c1C. The molecule has 3 aromatic carbocycles. The topological polar surface area (TPSA) is 41.1 Å². The molecule has 0 heterocycles. The van der Waals surface area contributed by atoms with E-state index >= 15 is 0 Å². The van der Waals surface area contributed by atoms with Gasteiger partial charge in [-0.1, -0.05) is 23.2 Å². The fourth-order valence-electron chi connectivity index (χ4n) is 3.57. The van der Waals surface area contributed by atoms with E-state index in [-0.39, 0.29) is 5.78 Å². The minimum absolute atomic E-state index is 0.0270. The predicted molar refractivity (Wildman–Crippen MR) is 136 cm³/mol. The Labute approximate surface area is 198 Å². The van der Waals surface area contributed by atoms with Crippen molar-refractivity contribution in [1.82, 2.24) is 0 Å². The number of benzene rings is 3. The van der Waals surface area contributed by atoms with Crippen LogP contribution in [0.5, 0.6) is 0 Å². The fourth-order valence-corrected chi connectivity index (χ4v) is 4.13. The Hall–Kier alpha value is -2.40. The average Bonchev–Trinajstić information content (AvgIpc) is 2.74. The number of hydrogen-bond acceptors (Lipinski definition) is 2. The van der Waals surface area contributed by atoms with Crippen LogP contribution < -0.4 is 10.6 Å². The van der Waals surface area contributed by atoms with E-state index in [1.54, 1.807) is 18.2 Å². The summed E-state index contributed by atoms with van der Waals surface area (Å²) in [4.78, 5) is 13.3. The number of halogens is 2. The van der Waals surface area contributed by atoms with Gasteiger partial charge >= 0.3 is 0 Å². The molecule has 0 spiro atoms. The summed E-state index contributed by atoms with van der Waals surface area (Å²) in [5.41, 5.74) is 8.46. The monoisotopic (exact) mass is 470 g/mol. The lowest BCUT2D eigenvalue weighted by Gasteiger charge is -2.18. The Balaban J connectivity index is 1.78. The average molecular weight is 471 g/mol. The minimum atomic E-state index is 0.0270. The lowest BCUT2D eigenvalue weighted by atomic mass is 9.86. The number of ketones is 1. The van der Waals surface area contributed by atoms with Crippen LogP contribution in [0.1, 0.15) is 43.7 Å². The van der Waals surface area contributed by atoms with Gasteiger partial charge in [-0.3, -0.25) is 4.79 Å². The second kappa shape index (κ2) is 9.39. The molecule has 0 bridgehead atoms. The first-order chi connectivity index (χ1) is 14.6. The van der Waals surface area contributed by atoms with Gasteiger partial charge in [0.25, 0.3) is 0 Å². The van der Waals surface area contributed by atoms with Crippen LogP contribution in [0, 0.1) is 34.6 Å². The highest BCUT2D eigenvalue weighted by Gasteiger charge is 2.19. The molecule has 0 amide bonds. The Bertz CT molecular complexity index is 1160. The van der Waals surface area contributed by atoms with Gasteiger partial charge < -0.3 is 10.6 Å². The molecule has 0 unspecified atom stereocenters. The van der Waals surface area contributed by atoms with Crippen LogP contribution in [0.2, 0.25) is 10.0 Å². The molecule has 31 heavy (non-hydrogen) atoms. The zero-order valence-electron chi connectivity index (χ0n) is 18.1. The molecule has 0 saturated heterocycles. The van der Waals surface area contributed by atoms with Crippen LogP contribution in [0.15, 0.2) is 42.5 Å². The minimum Gasteiger partial charge on any atom is -0.332 e. The number of thiocarbonyl (C=S) groups is 1. The van der Waals surface area contributed by atoms with Gasteiger partial charge in [-0.15, -0.1) is 0 Å². The van der Waals surface area contributed by atoms with Crippen LogP contribution >= 0.6 is 35.4 Å². The summed E-state index contributed by atoms with van der Waals surface area (Å²) in [6, 6.07) is 12.4. The molecule has 0 saturated carbocycles. The largest absolute Gasteiger partial charge is 0.332 e. The van der Waals surface area contributed by atoms with E-state index < -0.39 is 0 Å². The van der Waals surface area contributed by atoms with Gasteiger partial charge in [-0.25, -0.2) is 0 Å². The maximum atomic E-state index is 13.3. The molecule has 3 nitrogen and oxygen atoms in total. The first-order valence-corrected chi connectivity index (χ1v) is 11.0. The van der Waals surface area contributed by atoms with Crippen molar-refractivity contribution >= 4 is 57.7 Å². The molecule has 2 N–H and O–H groups in total. The molecule has 0 atom stereocenters. The molecule has 3 aromatic rings. The Kier molecular flexibility index (Phi) is 7.05. The highest BCUT2D eigenvalue weighted by atomic mass is 35.5. The molecule has 0 aliphatic rings. The molecule has 0 radical (unpaired) electrons. The van der Waals surface area contributed by atoms with Crippen molar-refractivity contribution in [3.8, 4) is 0 Å². The normalized spacial score (nSPS) is 10.7. The van der Waals surface area contributed by atoms with E-state index in [0.29, 0.717) is 26.4 Å². The third kappa shape index (κ3) is 4.93. The first kappa shape index (κ1) is 23.3. The van der Waals surface area contributed by atoms with Crippen LogP contribution in [0.4, 0.5) is 11.4 Å². The zero-order valence-corrected chi connectivity index (χ0v) is 20.4. The van der Waals surface area contributed by atoms with Gasteiger partial charge in [0, 0.05) is 21.8 Å². The zero-order chi connectivity index (χ0) is 22.9. The summed E-state index contributed by atoms with van der Waals surface area (Å²) in [5.74, 6) is 0.0270. The van der Waals surface area contributed by atoms with Gasteiger partial charge in [-0.05, 0) is 117 Å².